The maximum atomic E-state index is 11.6. The molecule has 0 radical (unpaired) electrons. The summed E-state index contributed by atoms with van der Waals surface area (Å²) < 4.78 is 32.9. The van der Waals surface area contributed by atoms with Gasteiger partial charge in [-0.3, -0.25) is 9.59 Å². The standard InChI is InChI=1S/C12H20O6S/c1-3-17-11(13)5-9-7-19(15,16)8-10(9)6-12(14)18-4-2/h9-10H,3-8H2,1-2H3/t9-,10-/m1/s1. The Hall–Kier alpha value is -1.11. The maximum absolute atomic E-state index is 11.6. The highest BCUT2D eigenvalue weighted by Crippen LogP contribution is 2.31. The largest absolute Gasteiger partial charge is 0.466 e. The summed E-state index contributed by atoms with van der Waals surface area (Å²) in [5, 5.41) is 0. The number of esters is 2. The first-order chi connectivity index (χ1) is 8.88. The lowest BCUT2D eigenvalue weighted by molar-refractivity contribution is -0.147. The molecular weight excluding hydrogens is 272 g/mol. The molecule has 1 aliphatic heterocycles. The molecule has 0 unspecified atom stereocenters. The van der Waals surface area contributed by atoms with Crippen LogP contribution < -0.4 is 0 Å². The minimum atomic E-state index is -3.18. The second kappa shape index (κ2) is 6.88. The summed E-state index contributed by atoms with van der Waals surface area (Å²) in [5.74, 6) is -1.66. The number of ether oxygens (including phenoxy) is 2. The van der Waals surface area contributed by atoms with Gasteiger partial charge in [0.25, 0.3) is 0 Å². The van der Waals surface area contributed by atoms with Crippen LogP contribution in [0, 0.1) is 11.8 Å². The SMILES string of the molecule is CCOC(=O)C[C@@H]1CS(=O)(=O)C[C@H]1CC(=O)OCC. The second-order valence-corrected chi connectivity index (χ2v) is 6.77. The molecule has 0 bridgehead atoms. The molecule has 110 valence electrons. The molecule has 1 saturated heterocycles. The van der Waals surface area contributed by atoms with Gasteiger partial charge in [0.05, 0.1) is 24.7 Å². The van der Waals surface area contributed by atoms with Crippen LogP contribution in [0.25, 0.3) is 0 Å². The van der Waals surface area contributed by atoms with Gasteiger partial charge in [-0.15, -0.1) is 0 Å². The predicted molar refractivity (Wildman–Crippen MR) is 68.1 cm³/mol. The lowest BCUT2D eigenvalue weighted by Gasteiger charge is -2.16. The molecule has 0 saturated carbocycles. The molecule has 6 nitrogen and oxygen atoms in total. The van der Waals surface area contributed by atoms with Crippen molar-refractivity contribution in [1.29, 1.82) is 0 Å². The molecule has 19 heavy (non-hydrogen) atoms. The summed E-state index contributed by atoms with van der Waals surface area (Å²) in [6.45, 7) is 3.92. The van der Waals surface area contributed by atoms with Gasteiger partial charge in [0.2, 0.25) is 0 Å². The van der Waals surface area contributed by atoms with Gasteiger partial charge in [0, 0.05) is 12.8 Å². The van der Waals surface area contributed by atoms with E-state index in [-0.39, 0.29) is 49.4 Å². The third-order valence-electron chi connectivity index (χ3n) is 3.07. The van der Waals surface area contributed by atoms with E-state index in [4.69, 9.17) is 9.47 Å². The van der Waals surface area contributed by atoms with Crippen molar-refractivity contribution < 1.29 is 27.5 Å². The number of rotatable bonds is 6. The Balaban J connectivity index is 2.65. The molecule has 0 amide bonds. The minimum Gasteiger partial charge on any atom is -0.466 e. The molecule has 2 atom stereocenters. The highest BCUT2D eigenvalue weighted by atomic mass is 32.2. The van der Waals surface area contributed by atoms with Crippen molar-refractivity contribution in [2.24, 2.45) is 11.8 Å². The van der Waals surface area contributed by atoms with Crippen LogP contribution in [0.15, 0.2) is 0 Å². The zero-order valence-corrected chi connectivity index (χ0v) is 12.1. The molecule has 0 aromatic heterocycles. The minimum absolute atomic E-state index is 0.0388. The van der Waals surface area contributed by atoms with Crippen molar-refractivity contribution in [2.75, 3.05) is 24.7 Å². The maximum Gasteiger partial charge on any atom is 0.306 e. The molecule has 7 heteroatoms. The first kappa shape index (κ1) is 15.9. The third kappa shape index (κ3) is 5.18. The third-order valence-corrected chi connectivity index (χ3v) is 4.94. The fraction of sp³-hybridized carbons (Fsp3) is 0.833. The van der Waals surface area contributed by atoms with E-state index in [0.717, 1.165) is 0 Å². The Labute approximate surface area is 113 Å². The van der Waals surface area contributed by atoms with Crippen molar-refractivity contribution in [3.05, 3.63) is 0 Å². The molecule has 1 rings (SSSR count). The van der Waals surface area contributed by atoms with E-state index in [1.165, 1.54) is 0 Å². The number of hydrogen-bond donors (Lipinski definition) is 0. The fourth-order valence-corrected chi connectivity index (χ4v) is 4.53. The van der Waals surface area contributed by atoms with Crippen LogP contribution in [-0.4, -0.2) is 45.1 Å². The molecule has 0 aromatic carbocycles. The van der Waals surface area contributed by atoms with Gasteiger partial charge in [-0.25, -0.2) is 8.42 Å². The van der Waals surface area contributed by atoms with Crippen LogP contribution in [0.1, 0.15) is 26.7 Å². The van der Waals surface area contributed by atoms with E-state index in [9.17, 15) is 18.0 Å². The lowest BCUT2D eigenvalue weighted by Crippen LogP contribution is -2.21. The number of carbonyl (C=O) groups excluding carboxylic acids is 2. The average molecular weight is 292 g/mol. The summed E-state index contributed by atoms with van der Waals surface area (Å²) in [4.78, 5) is 22.9. The van der Waals surface area contributed by atoms with Crippen molar-refractivity contribution in [3.8, 4) is 0 Å². The average Bonchev–Trinajstić information content (AvgIpc) is 2.53. The summed E-state index contributed by atoms with van der Waals surface area (Å²) in [6, 6.07) is 0. The molecular formula is C12H20O6S. The predicted octanol–water partition coefficient (Wildman–Crippen LogP) is 0.554. The fourth-order valence-electron chi connectivity index (χ4n) is 2.31. The van der Waals surface area contributed by atoms with E-state index in [2.05, 4.69) is 0 Å². The Kier molecular flexibility index (Phi) is 5.78. The zero-order chi connectivity index (χ0) is 14.5. The van der Waals surface area contributed by atoms with Crippen molar-refractivity contribution in [2.45, 2.75) is 26.7 Å². The number of carbonyl (C=O) groups is 2. The first-order valence-electron chi connectivity index (χ1n) is 6.39. The Morgan fingerprint density at radius 1 is 0.947 bits per heavy atom. The summed E-state index contributed by atoms with van der Waals surface area (Å²) in [5.41, 5.74) is 0. The van der Waals surface area contributed by atoms with Crippen LogP contribution in [0.4, 0.5) is 0 Å². The molecule has 0 spiro atoms. The Morgan fingerprint density at radius 3 is 1.63 bits per heavy atom. The van der Waals surface area contributed by atoms with E-state index < -0.39 is 21.8 Å². The van der Waals surface area contributed by atoms with Crippen molar-refractivity contribution in [1.82, 2.24) is 0 Å². The first-order valence-corrected chi connectivity index (χ1v) is 8.21. The van der Waals surface area contributed by atoms with Crippen LogP contribution in [0.5, 0.6) is 0 Å². The van der Waals surface area contributed by atoms with Crippen molar-refractivity contribution >= 4 is 21.8 Å². The van der Waals surface area contributed by atoms with Crippen LogP contribution in [0.2, 0.25) is 0 Å². The summed E-state index contributed by atoms with van der Waals surface area (Å²) in [6.07, 6.45) is 0.0777. The molecule has 1 heterocycles. The van der Waals surface area contributed by atoms with Gasteiger partial charge in [-0.05, 0) is 25.7 Å². The van der Waals surface area contributed by atoms with Gasteiger partial charge in [0.15, 0.2) is 9.84 Å². The van der Waals surface area contributed by atoms with Gasteiger partial charge in [0.1, 0.15) is 0 Å². The quantitative estimate of drug-likeness (QED) is 0.665. The van der Waals surface area contributed by atoms with E-state index >= 15 is 0 Å². The van der Waals surface area contributed by atoms with E-state index in [0.29, 0.717) is 0 Å². The molecule has 1 aliphatic rings. The highest BCUT2D eigenvalue weighted by Gasteiger charge is 2.40. The monoisotopic (exact) mass is 292 g/mol. The van der Waals surface area contributed by atoms with Crippen LogP contribution >= 0.6 is 0 Å². The molecule has 0 N–H and O–H groups in total. The second-order valence-electron chi connectivity index (χ2n) is 4.62. The Bertz CT molecular complexity index is 394. The zero-order valence-electron chi connectivity index (χ0n) is 11.3. The summed E-state index contributed by atoms with van der Waals surface area (Å²) >= 11 is 0. The molecule has 0 aliphatic carbocycles. The van der Waals surface area contributed by atoms with Gasteiger partial charge in [-0.1, -0.05) is 0 Å². The molecule has 1 fully saturated rings. The van der Waals surface area contributed by atoms with Gasteiger partial charge < -0.3 is 9.47 Å². The number of hydrogen-bond acceptors (Lipinski definition) is 6. The topological polar surface area (TPSA) is 86.7 Å². The highest BCUT2D eigenvalue weighted by molar-refractivity contribution is 7.91. The van der Waals surface area contributed by atoms with Crippen LogP contribution in [0.3, 0.4) is 0 Å². The van der Waals surface area contributed by atoms with Crippen LogP contribution in [-0.2, 0) is 28.9 Å². The normalized spacial score (nSPS) is 24.9. The molecule has 0 aromatic rings. The summed E-state index contributed by atoms with van der Waals surface area (Å²) in [7, 11) is -3.18. The van der Waals surface area contributed by atoms with E-state index in [1.807, 2.05) is 0 Å². The van der Waals surface area contributed by atoms with Crippen molar-refractivity contribution in [3.63, 3.8) is 0 Å². The van der Waals surface area contributed by atoms with Gasteiger partial charge >= 0.3 is 11.9 Å². The number of sulfone groups is 1. The van der Waals surface area contributed by atoms with Gasteiger partial charge in [-0.2, -0.15) is 0 Å². The smallest absolute Gasteiger partial charge is 0.306 e. The Morgan fingerprint density at radius 2 is 1.32 bits per heavy atom. The van der Waals surface area contributed by atoms with E-state index in [1.54, 1.807) is 13.8 Å². The lowest BCUT2D eigenvalue weighted by atomic mass is 9.90.